The Bertz CT molecular complexity index is 631. The van der Waals surface area contributed by atoms with Gasteiger partial charge in [0.2, 0.25) is 5.91 Å². The number of piperidine rings is 2. The molecule has 160 valence electrons. The third kappa shape index (κ3) is 6.16. The van der Waals surface area contributed by atoms with Gasteiger partial charge in [0.05, 0.1) is 30.6 Å². The molecule has 2 aliphatic heterocycles. The van der Waals surface area contributed by atoms with Crippen LogP contribution in [-0.2, 0) is 9.53 Å². The number of ether oxygens (including phenoxy) is 1. The fraction of sp³-hybridized carbons (Fsp3) is 0.739. The fourth-order valence-electron chi connectivity index (χ4n) is 4.85. The van der Waals surface area contributed by atoms with Crippen molar-refractivity contribution in [1.29, 1.82) is 0 Å². The summed E-state index contributed by atoms with van der Waals surface area (Å²) in [4.78, 5) is 21.6. The highest BCUT2D eigenvalue weighted by molar-refractivity contribution is 5.92. The van der Waals surface area contributed by atoms with E-state index < -0.39 is 0 Å². The summed E-state index contributed by atoms with van der Waals surface area (Å²) in [6.45, 7) is 4.50. The van der Waals surface area contributed by atoms with Crippen molar-refractivity contribution in [2.75, 3.05) is 42.9 Å². The van der Waals surface area contributed by atoms with Crippen LogP contribution in [0.15, 0.2) is 18.3 Å². The molecule has 6 heteroatoms. The number of hydrogen-bond acceptors (Lipinski definition) is 5. The second-order valence-corrected chi connectivity index (χ2v) is 8.87. The van der Waals surface area contributed by atoms with Crippen LogP contribution in [0.4, 0.5) is 11.5 Å². The quantitative estimate of drug-likeness (QED) is 0.787. The van der Waals surface area contributed by atoms with Crippen LogP contribution in [0.3, 0.4) is 0 Å². The van der Waals surface area contributed by atoms with Gasteiger partial charge in [0, 0.05) is 26.2 Å². The average molecular weight is 401 g/mol. The molecule has 1 aromatic heterocycles. The van der Waals surface area contributed by atoms with Crippen molar-refractivity contribution in [2.45, 2.75) is 76.4 Å². The monoisotopic (exact) mass is 400 g/mol. The summed E-state index contributed by atoms with van der Waals surface area (Å²) >= 11 is 0. The molecule has 1 aromatic rings. The zero-order chi connectivity index (χ0) is 19.9. The van der Waals surface area contributed by atoms with E-state index in [-0.39, 0.29) is 5.91 Å². The summed E-state index contributed by atoms with van der Waals surface area (Å²) in [5.41, 5.74) is 0.784. The summed E-state index contributed by atoms with van der Waals surface area (Å²) in [5.74, 6) is 1.06. The van der Waals surface area contributed by atoms with Crippen LogP contribution in [0.1, 0.15) is 64.2 Å². The smallest absolute Gasteiger partial charge is 0.238 e. The lowest BCUT2D eigenvalue weighted by atomic mass is 9.97. The van der Waals surface area contributed by atoms with Crippen LogP contribution in [0.25, 0.3) is 0 Å². The van der Waals surface area contributed by atoms with Crippen molar-refractivity contribution < 1.29 is 9.53 Å². The normalized spacial score (nSPS) is 22.6. The summed E-state index contributed by atoms with van der Waals surface area (Å²) in [6, 6.07) is 3.99. The van der Waals surface area contributed by atoms with Gasteiger partial charge in [0.15, 0.2) is 0 Å². The third-order valence-corrected chi connectivity index (χ3v) is 6.55. The van der Waals surface area contributed by atoms with Gasteiger partial charge in [-0.15, -0.1) is 0 Å². The van der Waals surface area contributed by atoms with Crippen molar-refractivity contribution >= 4 is 17.4 Å². The van der Waals surface area contributed by atoms with E-state index in [0.717, 1.165) is 50.5 Å². The molecule has 3 aliphatic rings. The first-order chi connectivity index (χ1) is 14.3. The van der Waals surface area contributed by atoms with E-state index >= 15 is 0 Å². The zero-order valence-corrected chi connectivity index (χ0v) is 17.7. The first-order valence-electron chi connectivity index (χ1n) is 11.6. The second kappa shape index (κ2) is 10.4. The molecule has 0 spiro atoms. The lowest BCUT2D eigenvalue weighted by molar-refractivity contribution is -0.118. The number of pyridine rings is 1. The summed E-state index contributed by atoms with van der Waals surface area (Å²) in [7, 11) is 0. The molecular formula is C23H36N4O2. The first kappa shape index (κ1) is 20.6. The molecule has 1 aliphatic carbocycles. The molecule has 0 aromatic carbocycles. The minimum atomic E-state index is 0.0455. The highest BCUT2D eigenvalue weighted by Gasteiger charge is 2.25. The van der Waals surface area contributed by atoms with Gasteiger partial charge in [-0.1, -0.05) is 19.3 Å². The molecule has 3 fully saturated rings. The highest BCUT2D eigenvalue weighted by atomic mass is 16.5. The Morgan fingerprint density at radius 2 is 1.62 bits per heavy atom. The number of hydrogen-bond donors (Lipinski definition) is 1. The Kier molecular flexibility index (Phi) is 7.39. The lowest BCUT2D eigenvalue weighted by Gasteiger charge is -2.34. The number of carbonyl (C=O) groups excluding carboxylic acids is 1. The van der Waals surface area contributed by atoms with E-state index in [1.165, 1.54) is 51.4 Å². The lowest BCUT2D eigenvalue weighted by Crippen LogP contribution is -2.42. The maximum atomic E-state index is 12.4. The van der Waals surface area contributed by atoms with Crippen molar-refractivity contribution in [2.24, 2.45) is 0 Å². The molecule has 29 heavy (non-hydrogen) atoms. The first-order valence-corrected chi connectivity index (χ1v) is 11.6. The molecular weight excluding hydrogens is 364 g/mol. The Morgan fingerprint density at radius 1 is 0.931 bits per heavy atom. The average Bonchev–Trinajstić information content (AvgIpc) is 2.77. The SMILES string of the molecule is O=C(CN1CCC(OC2CCCCC2)CC1)Nc1ccc(N2CCCCC2)nc1. The van der Waals surface area contributed by atoms with Crippen molar-refractivity contribution in [3.8, 4) is 0 Å². The maximum absolute atomic E-state index is 12.4. The van der Waals surface area contributed by atoms with E-state index in [4.69, 9.17) is 4.74 Å². The Hall–Kier alpha value is -1.66. The van der Waals surface area contributed by atoms with Gasteiger partial charge in [-0.05, 0) is 57.1 Å². The van der Waals surface area contributed by atoms with Gasteiger partial charge in [-0.2, -0.15) is 0 Å². The van der Waals surface area contributed by atoms with Crippen LogP contribution < -0.4 is 10.2 Å². The Balaban J connectivity index is 1.17. The van der Waals surface area contributed by atoms with Gasteiger partial charge < -0.3 is 15.0 Å². The van der Waals surface area contributed by atoms with Crippen LogP contribution in [0.2, 0.25) is 0 Å². The molecule has 1 N–H and O–H groups in total. The number of carbonyl (C=O) groups is 1. The number of nitrogens with zero attached hydrogens (tertiary/aromatic N) is 3. The predicted octanol–water partition coefficient (Wildman–Crippen LogP) is 3.82. The number of amides is 1. The van der Waals surface area contributed by atoms with Crippen molar-refractivity contribution in [3.63, 3.8) is 0 Å². The van der Waals surface area contributed by atoms with Crippen LogP contribution in [-0.4, -0.2) is 60.7 Å². The molecule has 0 unspecified atom stereocenters. The van der Waals surface area contributed by atoms with Crippen molar-refractivity contribution in [3.05, 3.63) is 18.3 Å². The molecule has 3 heterocycles. The number of likely N-dealkylation sites (tertiary alicyclic amines) is 1. The fourth-order valence-corrected chi connectivity index (χ4v) is 4.85. The molecule has 0 atom stereocenters. The summed E-state index contributed by atoms with van der Waals surface area (Å²) in [6.07, 6.45) is 15.0. The zero-order valence-electron chi connectivity index (χ0n) is 17.7. The Morgan fingerprint density at radius 3 is 2.31 bits per heavy atom. The van der Waals surface area contributed by atoms with E-state index in [1.807, 2.05) is 12.1 Å². The van der Waals surface area contributed by atoms with Gasteiger partial charge in [-0.25, -0.2) is 4.98 Å². The van der Waals surface area contributed by atoms with E-state index in [2.05, 4.69) is 20.1 Å². The number of nitrogens with one attached hydrogen (secondary N) is 1. The number of rotatable bonds is 6. The molecule has 0 bridgehead atoms. The summed E-state index contributed by atoms with van der Waals surface area (Å²) < 4.78 is 6.30. The highest BCUT2D eigenvalue weighted by Crippen LogP contribution is 2.25. The molecule has 1 saturated carbocycles. The molecule has 4 rings (SSSR count). The van der Waals surface area contributed by atoms with E-state index in [0.29, 0.717) is 18.8 Å². The third-order valence-electron chi connectivity index (χ3n) is 6.55. The maximum Gasteiger partial charge on any atom is 0.238 e. The van der Waals surface area contributed by atoms with E-state index in [9.17, 15) is 4.79 Å². The van der Waals surface area contributed by atoms with Crippen LogP contribution in [0.5, 0.6) is 0 Å². The van der Waals surface area contributed by atoms with Gasteiger partial charge in [0.25, 0.3) is 0 Å². The number of anilines is 2. The molecule has 6 nitrogen and oxygen atoms in total. The van der Waals surface area contributed by atoms with Crippen LogP contribution >= 0.6 is 0 Å². The van der Waals surface area contributed by atoms with Gasteiger partial charge >= 0.3 is 0 Å². The predicted molar refractivity (Wildman–Crippen MR) is 116 cm³/mol. The van der Waals surface area contributed by atoms with Gasteiger partial charge in [0.1, 0.15) is 5.82 Å². The minimum Gasteiger partial charge on any atom is -0.375 e. The van der Waals surface area contributed by atoms with Crippen molar-refractivity contribution in [1.82, 2.24) is 9.88 Å². The topological polar surface area (TPSA) is 57.7 Å². The molecule has 2 saturated heterocycles. The van der Waals surface area contributed by atoms with E-state index in [1.54, 1.807) is 6.20 Å². The standard InChI is InChI=1S/C23H36N4O2/c28-23(25-19-9-10-22(24-17-19)27-13-5-2-6-14-27)18-26-15-11-21(12-16-26)29-20-7-3-1-4-8-20/h9-10,17,20-21H,1-8,11-16,18H2,(H,25,28). The summed E-state index contributed by atoms with van der Waals surface area (Å²) in [5, 5.41) is 3.00. The molecule has 1 amide bonds. The largest absolute Gasteiger partial charge is 0.375 e. The number of aromatic nitrogens is 1. The minimum absolute atomic E-state index is 0.0455. The molecule has 0 radical (unpaired) electrons. The second-order valence-electron chi connectivity index (χ2n) is 8.87. The van der Waals surface area contributed by atoms with Crippen LogP contribution in [0, 0.1) is 0 Å². The van der Waals surface area contributed by atoms with Gasteiger partial charge in [-0.3, -0.25) is 9.69 Å². The Labute approximate surface area is 175 Å².